The zero-order chi connectivity index (χ0) is 23.6. The number of rotatable bonds is 19. The molecule has 0 radical (unpaired) electrons. The van der Waals surface area contributed by atoms with Crippen LogP contribution in [-0.4, -0.2) is 61.6 Å². The van der Waals surface area contributed by atoms with Crippen LogP contribution in [0, 0.1) is 11.8 Å². The topological polar surface area (TPSA) is 32.8 Å². The first-order chi connectivity index (χ1) is 15.5. The normalized spacial score (nSPS) is 19.1. The van der Waals surface area contributed by atoms with Gasteiger partial charge in [0.05, 0.1) is 12.7 Å². The fourth-order valence-corrected chi connectivity index (χ4v) is 5.14. The number of morpholine rings is 1. The van der Waals surface area contributed by atoms with Gasteiger partial charge in [-0.3, -0.25) is 9.69 Å². The molecular weight excluding hydrogens is 396 g/mol. The van der Waals surface area contributed by atoms with Gasteiger partial charge in [0.1, 0.15) is 0 Å². The van der Waals surface area contributed by atoms with Crippen molar-refractivity contribution in [1.29, 1.82) is 0 Å². The Balaban J connectivity index is 2.38. The number of carbonyl (C=O) groups is 1. The lowest BCUT2D eigenvalue weighted by atomic mass is 9.94. The molecule has 0 N–H and O–H groups in total. The fraction of sp³-hybridized carbons (Fsp3) is 0.964. The molecule has 1 aliphatic rings. The second kappa shape index (κ2) is 18.8. The minimum atomic E-state index is 0.218. The van der Waals surface area contributed by atoms with E-state index >= 15 is 0 Å². The van der Waals surface area contributed by atoms with Crippen LogP contribution in [0.2, 0.25) is 0 Å². The molecule has 190 valence electrons. The van der Waals surface area contributed by atoms with Crippen LogP contribution in [0.1, 0.15) is 118 Å². The van der Waals surface area contributed by atoms with E-state index in [-0.39, 0.29) is 12.0 Å². The quantitative estimate of drug-likeness (QED) is 0.199. The number of ether oxygens (including phenoxy) is 1. The SMILES string of the molecule is CCCCCCC(CCCC)C(=O)N(C)CC[C@H]1CN(CCCC(CC)CCC)CCO1. The predicted molar refractivity (Wildman–Crippen MR) is 138 cm³/mol. The molecule has 0 saturated carbocycles. The van der Waals surface area contributed by atoms with E-state index in [1.807, 2.05) is 11.9 Å². The molecule has 1 rings (SSSR count). The second-order valence-electron chi connectivity index (χ2n) is 10.2. The van der Waals surface area contributed by atoms with E-state index in [0.29, 0.717) is 5.91 Å². The maximum atomic E-state index is 13.1. The van der Waals surface area contributed by atoms with Crippen molar-refractivity contribution in [3.63, 3.8) is 0 Å². The van der Waals surface area contributed by atoms with Crippen LogP contribution in [0.5, 0.6) is 0 Å². The summed E-state index contributed by atoms with van der Waals surface area (Å²) in [4.78, 5) is 17.7. The Labute approximate surface area is 200 Å². The molecule has 3 atom stereocenters. The molecule has 0 spiro atoms. The fourth-order valence-electron chi connectivity index (χ4n) is 5.14. The summed E-state index contributed by atoms with van der Waals surface area (Å²) in [6.07, 6.45) is 17.4. The molecule has 0 aliphatic carbocycles. The van der Waals surface area contributed by atoms with Crippen molar-refractivity contribution < 1.29 is 9.53 Å². The molecule has 32 heavy (non-hydrogen) atoms. The molecule has 2 unspecified atom stereocenters. The van der Waals surface area contributed by atoms with Gasteiger partial charge in [-0.25, -0.2) is 0 Å². The van der Waals surface area contributed by atoms with Crippen LogP contribution < -0.4 is 0 Å². The summed E-state index contributed by atoms with van der Waals surface area (Å²) in [6, 6.07) is 0. The lowest BCUT2D eigenvalue weighted by molar-refractivity contribution is -0.135. The molecule has 1 fully saturated rings. The van der Waals surface area contributed by atoms with Gasteiger partial charge >= 0.3 is 0 Å². The summed E-state index contributed by atoms with van der Waals surface area (Å²) in [7, 11) is 2.01. The molecule has 0 aromatic carbocycles. The molecule has 1 heterocycles. The Bertz CT molecular complexity index is 457. The molecule has 0 aromatic heterocycles. The van der Waals surface area contributed by atoms with Crippen LogP contribution in [0.15, 0.2) is 0 Å². The van der Waals surface area contributed by atoms with Gasteiger partial charge in [-0.05, 0) is 44.6 Å². The zero-order valence-corrected chi connectivity index (χ0v) is 22.4. The van der Waals surface area contributed by atoms with Gasteiger partial charge < -0.3 is 9.64 Å². The highest BCUT2D eigenvalue weighted by molar-refractivity contribution is 5.78. The molecule has 4 nitrogen and oxygen atoms in total. The van der Waals surface area contributed by atoms with E-state index in [2.05, 4.69) is 32.6 Å². The highest BCUT2D eigenvalue weighted by Crippen LogP contribution is 2.21. The molecular formula is C28H56N2O2. The Hall–Kier alpha value is -0.610. The van der Waals surface area contributed by atoms with Crippen LogP contribution in [0.25, 0.3) is 0 Å². The average Bonchev–Trinajstić information content (AvgIpc) is 2.81. The lowest BCUT2D eigenvalue weighted by Crippen LogP contribution is -2.44. The van der Waals surface area contributed by atoms with E-state index in [9.17, 15) is 4.79 Å². The summed E-state index contributed by atoms with van der Waals surface area (Å²) in [5.41, 5.74) is 0. The van der Waals surface area contributed by atoms with Crippen LogP contribution in [0.3, 0.4) is 0 Å². The largest absolute Gasteiger partial charge is 0.375 e. The first-order valence-electron chi connectivity index (χ1n) is 14.1. The van der Waals surface area contributed by atoms with E-state index in [4.69, 9.17) is 4.74 Å². The smallest absolute Gasteiger partial charge is 0.225 e. The van der Waals surface area contributed by atoms with Crippen molar-refractivity contribution in [3.8, 4) is 0 Å². The minimum Gasteiger partial charge on any atom is -0.375 e. The van der Waals surface area contributed by atoms with Gasteiger partial charge in [0.25, 0.3) is 0 Å². The van der Waals surface area contributed by atoms with E-state index in [0.717, 1.165) is 57.8 Å². The van der Waals surface area contributed by atoms with Gasteiger partial charge in [0.2, 0.25) is 5.91 Å². The molecule has 4 heteroatoms. The summed E-state index contributed by atoms with van der Waals surface area (Å²) < 4.78 is 6.06. The maximum absolute atomic E-state index is 13.1. The number of nitrogens with zero attached hydrogens (tertiary/aromatic N) is 2. The van der Waals surface area contributed by atoms with Gasteiger partial charge in [0, 0.05) is 32.6 Å². The molecule has 1 saturated heterocycles. The number of carbonyl (C=O) groups excluding carboxylic acids is 1. The van der Waals surface area contributed by atoms with E-state index in [1.165, 1.54) is 70.8 Å². The van der Waals surface area contributed by atoms with Gasteiger partial charge in [-0.15, -0.1) is 0 Å². The highest BCUT2D eigenvalue weighted by Gasteiger charge is 2.24. The highest BCUT2D eigenvalue weighted by atomic mass is 16.5. The average molecular weight is 453 g/mol. The van der Waals surface area contributed by atoms with Crippen LogP contribution >= 0.6 is 0 Å². The third-order valence-corrected chi connectivity index (χ3v) is 7.41. The van der Waals surface area contributed by atoms with E-state index in [1.54, 1.807) is 0 Å². The third-order valence-electron chi connectivity index (χ3n) is 7.41. The number of unbranched alkanes of at least 4 members (excludes halogenated alkanes) is 4. The van der Waals surface area contributed by atoms with Crippen LogP contribution in [0.4, 0.5) is 0 Å². The zero-order valence-electron chi connectivity index (χ0n) is 22.4. The molecule has 0 aromatic rings. The van der Waals surface area contributed by atoms with Crippen molar-refractivity contribution in [2.45, 2.75) is 124 Å². The Morgan fingerprint density at radius 3 is 2.38 bits per heavy atom. The Morgan fingerprint density at radius 2 is 1.69 bits per heavy atom. The predicted octanol–water partition coefficient (Wildman–Crippen LogP) is 6.92. The van der Waals surface area contributed by atoms with Crippen molar-refractivity contribution in [1.82, 2.24) is 9.80 Å². The third kappa shape index (κ3) is 12.6. The van der Waals surface area contributed by atoms with Crippen molar-refractivity contribution in [3.05, 3.63) is 0 Å². The maximum Gasteiger partial charge on any atom is 0.225 e. The summed E-state index contributed by atoms with van der Waals surface area (Å²) in [6.45, 7) is 14.1. The molecule has 1 amide bonds. The van der Waals surface area contributed by atoms with Crippen LogP contribution in [-0.2, 0) is 9.53 Å². The van der Waals surface area contributed by atoms with Crippen molar-refractivity contribution in [2.24, 2.45) is 11.8 Å². The number of amides is 1. The first kappa shape index (κ1) is 29.4. The molecule has 0 bridgehead atoms. The summed E-state index contributed by atoms with van der Waals surface area (Å²) in [5, 5.41) is 0. The van der Waals surface area contributed by atoms with Gasteiger partial charge in [-0.2, -0.15) is 0 Å². The summed E-state index contributed by atoms with van der Waals surface area (Å²) >= 11 is 0. The monoisotopic (exact) mass is 452 g/mol. The standard InChI is InChI=1S/C28H56N2O2/c1-6-10-12-13-18-26(17-11-7-2)28(31)29(5)21-19-27-24-30(22-23-32-27)20-14-16-25(9-4)15-8-3/h25-27H,6-24H2,1-5H3/t25?,26?,27-/m0/s1. The number of hydrogen-bond acceptors (Lipinski definition) is 3. The van der Waals surface area contributed by atoms with Crippen molar-refractivity contribution >= 4 is 5.91 Å². The van der Waals surface area contributed by atoms with E-state index < -0.39 is 0 Å². The summed E-state index contributed by atoms with van der Waals surface area (Å²) in [5.74, 6) is 1.48. The minimum absolute atomic E-state index is 0.218. The van der Waals surface area contributed by atoms with Gasteiger partial charge in [-0.1, -0.05) is 85.5 Å². The first-order valence-corrected chi connectivity index (χ1v) is 14.1. The second-order valence-corrected chi connectivity index (χ2v) is 10.2. The number of hydrogen-bond donors (Lipinski definition) is 0. The Morgan fingerprint density at radius 1 is 0.938 bits per heavy atom. The lowest BCUT2D eigenvalue weighted by Gasteiger charge is -2.34. The van der Waals surface area contributed by atoms with Gasteiger partial charge in [0.15, 0.2) is 0 Å². The Kier molecular flexibility index (Phi) is 17.3. The molecule has 1 aliphatic heterocycles. The van der Waals surface area contributed by atoms with Crippen molar-refractivity contribution in [2.75, 3.05) is 39.8 Å².